The summed E-state index contributed by atoms with van der Waals surface area (Å²) in [7, 11) is 0. The van der Waals surface area contributed by atoms with E-state index in [4.69, 9.17) is 0 Å². The first-order valence-corrected chi connectivity index (χ1v) is 5.74. The zero-order valence-electron chi connectivity index (χ0n) is 9.72. The van der Waals surface area contributed by atoms with Crippen molar-refractivity contribution >= 4 is 24.4 Å². The second kappa shape index (κ2) is 3.79. The molecule has 0 spiro atoms. The van der Waals surface area contributed by atoms with Gasteiger partial charge in [0.05, 0.1) is 0 Å². The second-order valence-electron chi connectivity index (χ2n) is 5.61. The average molecular weight is 205 g/mol. The van der Waals surface area contributed by atoms with Crippen LogP contribution in [0.15, 0.2) is 18.2 Å². The molecule has 0 N–H and O–H groups in total. The molecule has 0 aliphatic heterocycles. The summed E-state index contributed by atoms with van der Waals surface area (Å²) < 4.78 is 0. The van der Waals surface area contributed by atoms with E-state index in [0.29, 0.717) is 5.41 Å². The number of hydrogen-bond donors (Lipinski definition) is 0. The molecule has 2 aliphatic carbocycles. The summed E-state index contributed by atoms with van der Waals surface area (Å²) in [5, 5.41) is 0. The third kappa shape index (κ3) is 1.79. The molecule has 0 amide bonds. The quantitative estimate of drug-likeness (QED) is 0.571. The van der Waals surface area contributed by atoms with Crippen molar-refractivity contribution in [2.45, 2.75) is 33.6 Å². The molecule has 79 valence electrons. The molecule has 0 saturated carbocycles. The van der Waals surface area contributed by atoms with Crippen LogP contribution in [-0.4, -0.2) is 18.9 Å². The van der Waals surface area contributed by atoms with E-state index in [-0.39, 0.29) is 18.9 Å². The van der Waals surface area contributed by atoms with Crippen LogP contribution in [0.1, 0.15) is 43.0 Å². The fourth-order valence-electron chi connectivity index (χ4n) is 2.87. The Hall–Kier alpha value is -0.443. The van der Waals surface area contributed by atoms with Crippen LogP contribution in [0.5, 0.6) is 0 Å². The van der Waals surface area contributed by atoms with E-state index in [1.807, 2.05) is 0 Å². The fraction of sp³-hybridized carbons (Fsp3) is 0.400. The second-order valence-corrected chi connectivity index (χ2v) is 5.61. The van der Waals surface area contributed by atoms with Gasteiger partial charge in [-0.25, -0.2) is 0 Å². The Morgan fingerprint density at radius 2 is 1.88 bits per heavy atom. The van der Waals surface area contributed by atoms with Gasteiger partial charge < -0.3 is 0 Å². The van der Waals surface area contributed by atoms with E-state index >= 15 is 0 Å². The Bertz CT molecular complexity index is 467. The average Bonchev–Trinajstić information content (AvgIpc) is 2.62. The van der Waals surface area contributed by atoms with Crippen molar-refractivity contribution in [3.63, 3.8) is 0 Å². The van der Waals surface area contributed by atoms with Gasteiger partial charge in [0.1, 0.15) is 0 Å². The molecule has 0 heterocycles. The number of rotatable bonds is 0. The van der Waals surface area contributed by atoms with Gasteiger partial charge in [-0.2, -0.15) is 0 Å². The zero-order chi connectivity index (χ0) is 10.6. The van der Waals surface area contributed by atoms with Gasteiger partial charge in [0.25, 0.3) is 0 Å². The van der Waals surface area contributed by atoms with Crippen molar-refractivity contribution < 1.29 is 0 Å². The Balaban J connectivity index is 0.000000963. The predicted octanol–water partition coefficient (Wildman–Crippen LogP) is 3.13. The monoisotopic (exact) mass is 205 g/mol. The first-order chi connectivity index (χ1) is 7.05. The molecule has 0 aromatic heterocycles. The molecule has 0 bridgehead atoms. The SMILES string of the molecule is CC1=CCc2cc3c(cc21)[CH]C(C)(C)C3.[LiH]. The van der Waals surface area contributed by atoms with Crippen LogP contribution in [-0.2, 0) is 12.8 Å². The molecule has 0 fully saturated rings. The molecule has 1 radical (unpaired) electrons. The molecule has 0 saturated heterocycles. The third-order valence-electron chi connectivity index (χ3n) is 3.61. The molecule has 2 aliphatic rings. The summed E-state index contributed by atoms with van der Waals surface area (Å²) in [6.07, 6.45) is 7.10. The van der Waals surface area contributed by atoms with Crippen molar-refractivity contribution in [2.75, 3.05) is 0 Å². The van der Waals surface area contributed by atoms with E-state index < -0.39 is 0 Å². The van der Waals surface area contributed by atoms with Gasteiger partial charge in [-0.3, -0.25) is 0 Å². The van der Waals surface area contributed by atoms with E-state index in [1.165, 1.54) is 28.7 Å². The number of fused-ring (bicyclic) bond motifs is 2. The Morgan fingerprint density at radius 3 is 2.62 bits per heavy atom. The zero-order valence-corrected chi connectivity index (χ0v) is 9.72. The van der Waals surface area contributed by atoms with Crippen molar-refractivity contribution in [1.82, 2.24) is 0 Å². The van der Waals surface area contributed by atoms with Crippen LogP contribution in [0.4, 0.5) is 0 Å². The summed E-state index contributed by atoms with van der Waals surface area (Å²) in [5.74, 6) is 0. The molecule has 0 unspecified atom stereocenters. The van der Waals surface area contributed by atoms with Crippen molar-refractivity contribution in [3.05, 3.63) is 46.9 Å². The van der Waals surface area contributed by atoms with Crippen LogP contribution >= 0.6 is 0 Å². The maximum atomic E-state index is 2.42. The van der Waals surface area contributed by atoms with Gasteiger partial charge in [-0.1, -0.05) is 32.1 Å². The summed E-state index contributed by atoms with van der Waals surface area (Å²) in [5.41, 5.74) is 7.82. The minimum atomic E-state index is 0. The normalized spacial score (nSPS) is 19.8. The van der Waals surface area contributed by atoms with Gasteiger partial charge in [0.2, 0.25) is 0 Å². The predicted molar refractivity (Wildman–Crippen MR) is 71.8 cm³/mol. The Morgan fingerprint density at radius 1 is 1.12 bits per heavy atom. The van der Waals surface area contributed by atoms with Gasteiger partial charge >= 0.3 is 18.9 Å². The van der Waals surface area contributed by atoms with E-state index in [2.05, 4.69) is 45.4 Å². The number of benzene rings is 1. The van der Waals surface area contributed by atoms with Gasteiger partial charge in [0.15, 0.2) is 0 Å². The van der Waals surface area contributed by atoms with E-state index in [0.717, 1.165) is 6.42 Å². The van der Waals surface area contributed by atoms with Crippen molar-refractivity contribution in [2.24, 2.45) is 5.41 Å². The summed E-state index contributed by atoms with van der Waals surface area (Å²) in [6.45, 7) is 6.86. The first-order valence-electron chi connectivity index (χ1n) is 5.74. The minimum absolute atomic E-state index is 0. The van der Waals surface area contributed by atoms with Crippen LogP contribution in [0.3, 0.4) is 0 Å². The van der Waals surface area contributed by atoms with Crippen LogP contribution in [0.25, 0.3) is 5.57 Å². The van der Waals surface area contributed by atoms with Crippen molar-refractivity contribution in [3.8, 4) is 0 Å². The molecule has 1 aromatic carbocycles. The Labute approximate surface area is 110 Å². The molecule has 1 heteroatoms. The van der Waals surface area contributed by atoms with E-state index in [9.17, 15) is 0 Å². The molecule has 0 nitrogen and oxygen atoms in total. The topological polar surface area (TPSA) is 0 Å². The Kier molecular flexibility index (Phi) is 2.85. The molecular weight excluding hydrogens is 187 g/mol. The van der Waals surface area contributed by atoms with Gasteiger partial charge in [-0.05, 0) is 59.4 Å². The fourth-order valence-corrected chi connectivity index (χ4v) is 2.87. The van der Waals surface area contributed by atoms with Crippen LogP contribution < -0.4 is 0 Å². The summed E-state index contributed by atoms with van der Waals surface area (Å²) >= 11 is 0. The molecule has 1 aromatic rings. The van der Waals surface area contributed by atoms with Gasteiger partial charge in [-0.15, -0.1) is 0 Å². The first kappa shape index (κ1) is 12.0. The molecule has 3 rings (SSSR count). The summed E-state index contributed by atoms with van der Waals surface area (Å²) in [6, 6.07) is 4.81. The van der Waals surface area contributed by atoms with Crippen LogP contribution in [0.2, 0.25) is 0 Å². The van der Waals surface area contributed by atoms with E-state index in [1.54, 1.807) is 5.56 Å². The van der Waals surface area contributed by atoms with Crippen molar-refractivity contribution in [1.29, 1.82) is 0 Å². The third-order valence-corrected chi connectivity index (χ3v) is 3.61. The molecule has 16 heavy (non-hydrogen) atoms. The van der Waals surface area contributed by atoms with Gasteiger partial charge in [0, 0.05) is 0 Å². The maximum absolute atomic E-state index is 2.42. The molecular formula is C15H18Li. The number of hydrogen-bond acceptors (Lipinski definition) is 0. The molecule has 0 atom stereocenters. The standard InChI is InChI=1S/C15H17.Li.H/c1-10-4-5-11-6-12-8-15(2,3)9-13(12)7-14(10)11;;/h4,6-7,9H,5,8H2,1-3H3;;. The number of allylic oxidation sites excluding steroid dienone is 2. The summed E-state index contributed by atoms with van der Waals surface area (Å²) in [4.78, 5) is 0. The van der Waals surface area contributed by atoms with Crippen LogP contribution in [0, 0.1) is 11.8 Å².